The minimum absolute atomic E-state index is 0.240. The van der Waals surface area contributed by atoms with Gasteiger partial charge in [0.15, 0.2) is 0 Å². The van der Waals surface area contributed by atoms with Gasteiger partial charge in [0.1, 0.15) is 0 Å². The van der Waals surface area contributed by atoms with Gasteiger partial charge in [0.2, 0.25) is 5.91 Å². The highest BCUT2D eigenvalue weighted by Gasteiger charge is 2.39. The Morgan fingerprint density at radius 2 is 2.18 bits per heavy atom. The molecule has 1 amide bonds. The first-order valence-electron chi connectivity index (χ1n) is 6.36. The van der Waals surface area contributed by atoms with Crippen LogP contribution >= 0.6 is 0 Å². The predicted molar refractivity (Wildman–Crippen MR) is 67.8 cm³/mol. The standard InChI is InChI=1S/C14H18N2O/c1-9-6-12(9)14(17)16-11-7-10-4-2-3-5-13(10)15-8-11/h2-5,9,11-12,15H,6-8H2,1H3,(H,16,17). The van der Waals surface area contributed by atoms with E-state index in [2.05, 4.69) is 29.7 Å². The van der Waals surface area contributed by atoms with Gasteiger partial charge < -0.3 is 10.6 Å². The lowest BCUT2D eigenvalue weighted by atomic mass is 9.99. The lowest BCUT2D eigenvalue weighted by molar-refractivity contribution is -0.123. The van der Waals surface area contributed by atoms with Gasteiger partial charge >= 0.3 is 0 Å². The van der Waals surface area contributed by atoms with Crippen molar-refractivity contribution in [3.8, 4) is 0 Å². The van der Waals surface area contributed by atoms with Crippen molar-refractivity contribution in [1.82, 2.24) is 5.32 Å². The molecule has 2 N–H and O–H groups in total. The number of para-hydroxylation sites is 1. The first kappa shape index (κ1) is 10.6. The molecule has 3 unspecified atom stereocenters. The van der Waals surface area contributed by atoms with Crippen LogP contribution in [0.2, 0.25) is 0 Å². The average Bonchev–Trinajstić information content (AvgIpc) is 3.06. The fraction of sp³-hybridized carbons (Fsp3) is 0.500. The summed E-state index contributed by atoms with van der Waals surface area (Å²) in [6.45, 7) is 2.97. The van der Waals surface area contributed by atoms with Crippen LogP contribution in [0.4, 0.5) is 5.69 Å². The average molecular weight is 230 g/mol. The molecule has 0 radical (unpaired) electrons. The summed E-state index contributed by atoms with van der Waals surface area (Å²) in [5.74, 6) is 1.09. The molecule has 3 nitrogen and oxygen atoms in total. The van der Waals surface area contributed by atoms with Gasteiger partial charge in [0, 0.05) is 18.2 Å². The topological polar surface area (TPSA) is 41.1 Å². The quantitative estimate of drug-likeness (QED) is 0.813. The van der Waals surface area contributed by atoms with E-state index in [0.717, 1.165) is 19.4 Å². The number of anilines is 1. The molecule has 1 aliphatic heterocycles. The number of carbonyl (C=O) groups excluding carboxylic acids is 1. The van der Waals surface area contributed by atoms with Gasteiger partial charge in [-0.25, -0.2) is 0 Å². The van der Waals surface area contributed by atoms with Crippen molar-refractivity contribution in [2.45, 2.75) is 25.8 Å². The van der Waals surface area contributed by atoms with Crippen LogP contribution in [0.1, 0.15) is 18.9 Å². The van der Waals surface area contributed by atoms with E-state index in [4.69, 9.17) is 0 Å². The van der Waals surface area contributed by atoms with Crippen molar-refractivity contribution < 1.29 is 4.79 Å². The van der Waals surface area contributed by atoms with Gasteiger partial charge in [0.05, 0.1) is 6.04 Å². The lowest BCUT2D eigenvalue weighted by Gasteiger charge is -2.27. The van der Waals surface area contributed by atoms with E-state index in [-0.39, 0.29) is 17.9 Å². The summed E-state index contributed by atoms with van der Waals surface area (Å²) < 4.78 is 0. The molecular weight excluding hydrogens is 212 g/mol. The van der Waals surface area contributed by atoms with E-state index < -0.39 is 0 Å². The van der Waals surface area contributed by atoms with Gasteiger partial charge in [-0.2, -0.15) is 0 Å². The number of amides is 1. The van der Waals surface area contributed by atoms with E-state index in [1.807, 2.05) is 12.1 Å². The highest BCUT2D eigenvalue weighted by Crippen LogP contribution is 2.37. The normalized spacial score (nSPS) is 30.1. The number of hydrogen-bond acceptors (Lipinski definition) is 2. The molecule has 3 heteroatoms. The Morgan fingerprint density at radius 1 is 1.41 bits per heavy atom. The SMILES string of the molecule is CC1CC1C(=O)NC1CNc2ccccc2C1. The predicted octanol–water partition coefficient (Wildman–Crippen LogP) is 1.80. The number of benzene rings is 1. The molecule has 17 heavy (non-hydrogen) atoms. The number of nitrogens with one attached hydrogen (secondary N) is 2. The van der Waals surface area contributed by atoms with Gasteiger partial charge in [-0.1, -0.05) is 25.1 Å². The second-order valence-corrected chi connectivity index (χ2v) is 5.27. The summed E-state index contributed by atoms with van der Waals surface area (Å²) in [6.07, 6.45) is 2.00. The Hall–Kier alpha value is -1.51. The lowest BCUT2D eigenvalue weighted by Crippen LogP contribution is -2.44. The summed E-state index contributed by atoms with van der Waals surface area (Å²) in [5.41, 5.74) is 2.51. The van der Waals surface area contributed by atoms with Crippen molar-refractivity contribution in [1.29, 1.82) is 0 Å². The van der Waals surface area contributed by atoms with Crippen LogP contribution in [-0.4, -0.2) is 18.5 Å². The Labute approximate surface area is 102 Å². The van der Waals surface area contributed by atoms with E-state index >= 15 is 0 Å². The molecule has 1 aromatic rings. The number of hydrogen-bond donors (Lipinski definition) is 2. The maximum absolute atomic E-state index is 11.9. The van der Waals surface area contributed by atoms with Crippen LogP contribution in [0, 0.1) is 11.8 Å². The third-order valence-electron chi connectivity index (χ3n) is 3.82. The Bertz CT molecular complexity index is 444. The maximum Gasteiger partial charge on any atom is 0.223 e. The van der Waals surface area contributed by atoms with E-state index in [0.29, 0.717) is 5.92 Å². The highest BCUT2D eigenvalue weighted by molar-refractivity contribution is 5.82. The molecule has 1 saturated carbocycles. The molecule has 1 aliphatic carbocycles. The van der Waals surface area contributed by atoms with E-state index in [1.54, 1.807) is 0 Å². The van der Waals surface area contributed by atoms with Crippen molar-refractivity contribution >= 4 is 11.6 Å². The van der Waals surface area contributed by atoms with Crippen molar-refractivity contribution in [2.75, 3.05) is 11.9 Å². The summed E-state index contributed by atoms with van der Waals surface area (Å²) >= 11 is 0. The second-order valence-electron chi connectivity index (χ2n) is 5.27. The second kappa shape index (κ2) is 4.06. The molecule has 1 heterocycles. The Kier molecular flexibility index (Phi) is 2.54. The van der Waals surface area contributed by atoms with Gasteiger partial charge in [0.25, 0.3) is 0 Å². The molecule has 0 saturated heterocycles. The summed E-state index contributed by atoms with van der Waals surface area (Å²) in [6, 6.07) is 8.55. The molecule has 1 fully saturated rings. The number of fused-ring (bicyclic) bond motifs is 1. The van der Waals surface area contributed by atoms with Gasteiger partial charge in [-0.3, -0.25) is 4.79 Å². The first-order valence-corrected chi connectivity index (χ1v) is 6.36. The zero-order valence-electron chi connectivity index (χ0n) is 10.1. The zero-order valence-corrected chi connectivity index (χ0v) is 10.1. The molecule has 3 atom stereocenters. The van der Waals surface area contributed by atoms with Crippen molar-refractivity contribution in [3.63, 3.8) is 0 Å². The molecule has 0 aromatic heterocycles. The molecule has 90 valence electrons. The van der Waals surface area contributed by atoms with Crippen LogP contribution in [0.5, 0.6) is 0 Å². The molecule has 1 aromatic carbocycles. The third-order valence-corrected chi connectivity index (χ3v) is 3.82. The summed E-state index contributed by atoms with van der Waals surface area (Å²) in [7, 11) is 0. The molecule has 0 spiro atoms. The largest absolute Gasteiger partial charge is 0.383 e. The fourth-order valence-electron chi connectivity index (χ4n) is 2.54. The first-order chi connectivity index (χ1) is 8.24. The number of rotatable bonds is 2. The molecule has 0 bridgehead atoms. The van der Waals surface area contributed by atoms with Crippen LogP contribution in [-0.2, 0) is 11.2 Å². The minimum atomic E-state index is 0.240. The van der Waals surface area contributed by atoms with Crippen LogP contribution in [0.25, 0.3) is 0 Å². The van der Waals surface area contributed by atoms with E-state index in [1.165, 1.54) is 11.3 Å². The smallest absolute Gasteiger partial charge is 0.223 e. The zero-order chi connectivity index (χ0) is 11.8. The summed E-state index contributed by atoms with van der Waals surface area (Å²) in [4.78, 5) is 11.9. The third kappa shape index (κ3) is 2.14. The van der Waals surface area contributed by atoms with Gasteiger partial charge in [-0.15, -0.1) is 0 Å². The van der Waals surface area contributed by atoms with Crippen molar-refractivity contribution in [2.24, 2.45) is 11.8 Å². The van der Waals surface area contributed by atoms with Gasteiger partial charge in [-0.05, 0) is 30.4 Å². The van der Waals surface area contributed by atoms with Crippen LogP contribution in [0.15, 0.2) is 24.3 Å². The number of carbonyl (C=O) groups is 1. The Morgan fingerprint density at radius 3 is 2.94 bits per heavy atom. The van der Waals surface area contributed by atoms with E-state index in [9.17, 15) is 4.79 Å². The molecular formula is C14H18N2O. The Balaban J connectivity index is 1.62. The van der Waals surface area contributed by atoms with Crippen LogP contribution in [0.3, 0.4) is 0 Å². The van der Waals surface area contributed by atoms with Crippen LogP contribution < -0.4 is 10.6 Å². The van der Waals surface area contributed by atoms with Crippen molar-refractivity contribution in [3.05, 3.63) is 29.8 Å². The molecule has 2 aliphatic rings. The monoisotopic (exact) mass is 230 g/mol. The minimum Gasteiger partial charge on any atom is -0.383 e. The maximum atomic E-state index is 11.9. The highest BCUT2D eigenvalue weighted by atomic mass is 16.2. The molecule has 3 rings (SSSR count). The fourth-order valence-corrected chi connectivity index (χ4v) is 2.54. The summed E-state index contributed by atoms with van der Waals surface area (Å²) in [5, 5.41) is 6.52.